The fourth-order valence-corrected chi connectivity index (χ4v) is 1.65. The minimum atomic E-state index is 0. The van der Waals surface area contributed by atoms with Crippen LogP contribution in [-0.4, -0.2) is 0 Å². The maximum Gasteiger partial charge on any atom is -0.0181 e. The van der Waals surface area contributed by atoms with Crippen LogP contribution in [0.15, 0.2) is 48.5 Å². The van der Waals surface area contributed by atoms with Gasteiger partial charge in [-0.1, -0.05) is 80.9 Å². The van der Waals surface area contributed by atoms with E-state index < -0.39 is 0 Å². The lowest BCUT2D eigenvalue weighted by Gasteiger charge is -2.03. The summed E-state index contributed by atoms with van der Waals surface area (Å²) in [6, 6.07) is 17.2. The van der Waals surface area contributed by atoms with Crippen LogP contribution in [0.25, 0.3) is 11.1 Å². The zero-order valence-corrected chi connectivity index (χ0v) is 10.6. The fraction of sp³-hybridized carbons (Fsp3) is 0.294. The molecule has 2 rings (SSSR count). The summed E-state index contributed by atoms with van der Waals surface area (Å²) >= 11 is 0. The van der Waals surface area contributed by atoms with Gasteiger partial charge in [0.1, 0.15) is 0 Å². The summed E-state index contributed by atoms with van der Waals surface area (Å²) in [6.45, 7) is 8.25. The van der Waals surface area contributed by atoms with E-state index in [1.807, 2.05) is 13.8 Å². The van der Waals surface area contributed by atoms with E-state index in [4.69, 9.17) is 0 Å². The van der Waals surface area contributed by atoms with Crippen molar-refractivity contribution >= 4 is 0 Å². The third-order valence-corrected chi connectivity index (χ3v) is 2.37. The van der Waals surface area contributed by atoms with Crippen LogP contribution in [0.1, 0.15) is 32.4 Å². The van der Waals surface area contributed by atoms with E-state index in [0.29, 0.717) is 0 Å². The van der Waals surface area contributed by atoms with Crippen molar-refractivity contribution < 1.29 is 0 Å². The van der Waals surface area contributed by atoms with Crippen LogP contribution < -0.4 is 0 Å². The SMILES string of the molecule is C.CC.Cc1cccc(-c2cccc(C)c2)c1. The monoisotopic (exact) mass is 228 g/mol. The lowest BCUT2D eigenvalue weighted by Crippen LogP contribution is -1.80. The molecule has 2 aromatic carbocycles. The van der Waals surface area contributed by atoms with Gasteiger partial charge < -0.3 is 0 Å². The lowest BCUT2D eigenvalue weighted by atomic mass is 10.0. The predicted molar refractivity (Wildman–Crippen MR) is 79.4 cm³/mol. The fourth-order valence-electron chi connectivity index (χ4n) is 1.65. The molecule has 0 radical (unpaired) electrons. The maximum absolute atomic E-state index is 2.22. The van der Waals surface area contributed by atoms with Crippen LogP contribution in [0.4, 0.5) is 0 Å². The first-order valence-corrected chi connectivity index (χ1v) is 5.89. The van der Waals surface area contributed by atoms with Crippen molar-refractivity contribution in [3.8, 4) is 11.1 Å². The molecule has 92 valence electrons. The summed E-state index contributed by atoms with van der Waals surface area (Å²) in [6.07, 6.45) is 0. The minimum Gasteiger partial charge on any atom is -0.0776 e. The molecule has 17 heavy (non-hydrogen) atoms. The summed E-state index contributed by atoms with van der Waals surface area (Å²) in [7, 11) is 0. The molecule has 0 nitrogen and oxygen atoms in total. The van der Waals surface area contributed by atoms with Crippen LogP contribution in [-0.2, 0) is 0 Å². The van der Waals surface area contributed by atoms with E-state index in [0.717, 1.165) is 0 Å². The van der Waals surface area contributed by atoms with Crippen molar-refractivity contribution in [2.75, 3.05) is 0 Å². The highest BCUT2D eigenvalue weighted by atomic mass is 14.0. The van der Waals surface area contributed by atoms with Crippen LogP contribution in [0.5, 0.6) is 0 Å². The number of hydrogen-bond donors (Lipinski definition) is 0. The smallest absolute Gasteiger partial charge is 0.0181 e. The molecule has 0 atom stereocenters. The minimum absolute atomic E-state index is 0. The summed E-state index contributed by atoms with van der Waals surface area (Å²) in [4.78, 5) is 0. The predicted octanol–water partition coefficient (Wildman–Crippen LogP) is 5.63. The van der Waals surface area contributed by atoms with Crippen molar-refractivity contribution in [3.05, 3.63) is 59.7 Å². The maximum atomic E-state index is 2.22. The third kappa shape index (κ3) is 4.44. The van der Waals surface area contributed by atoms with E-state index in [-0.39, 0.29) is 7.43 Å². The van der Waals surface area contributed by atoms with Crippen LogP contribution >= 0.6 is 0 Å². The van der Waals surface area contributed by atoms with E-state index in [1.165, 1.54) is 22.3 Å². The highest BCUT2D eigenvalue weighted by Gasteiger charge is 1.96. The summed E-state index contributed by atoms with van der Waals surface area (Å²) in [5, 5.41) is 0. The molecule has 0 heteroatoms. The molecule has 0 aliphatic heterocycles. The molecular formula is C17H24. The Labute approximate surface area is 106 Å². The second-order valence-corrected chi connectivity index (χ2v) is 3.74. The van der Waals surface area contributed by atoms with Gasteiger partial charge in [-0.05, 0) is 25.0 Å². The highest BCUT2D eigenvalue weighted by Crippen LogP contribution is 2.20. The van der Waals surface area contributed by atoms with Gasteiger partial charge in [-0.25, -0.2) is 0 Å². The molecule has 0 unspecified atom stereocenters. The van der Waals surface area contributed by atoms with E-state index in [1.54, 1.807) is 0 Å². The molecule has 0 heterocycles. The van der Waals surface area contributed by atoms with Crippen LogP contribution in [0.3, 0.4) is 0 Å². The van der Waals surface area contributed by atoms with Gasteiger partial charge in [0, 0.05) is 0 Å². The quantitative estimate of drug-likeness (QED) is 0.593. The summed E-state index contributed by atoms with van der Waals surface area (Å²) in [5.41, 5.74) is 5.22. The standard InChI is InChI=1S/C14H14.C2H6.CH4/c1-11-5-3-7-13(9-11)14-8-4-6-12(2)10-14;1-2;/h3-10H,1-2H3;1-2H3;1H4. The number of rotatable bonds is 1. The first kappa shape index (κ1) is 15.4. The second-order valence-electron chi connectivity index (χ2n) is 3.74. The molecular weight excluding hydrogens is 204 g/mol. The van der Waals surface area contributed by atoms with E-state index in [9.17, 15) is 0 Å². The Kier molecular flexibility index (Phi) is 6.97. The van der Waals surface area contributed by atoms with Gasteiger partial charge in [0.05, 0.1) is 0 Å². The van der Waals surface area contributed by atoms with Crippen molar-refractivity contribution in [2.24, 2.45) is 0 Å². The zero-order chi connectivity index (χ0) is 12.0. The number of benzene rings is 2. The van der Waals surface area contributed by atoms with Gasteiger partial charge >= 0.3 is 0 Å². The summed E-state index contributed by atoms with van der Waals surface area (Å²) < 4.78 is 0. The Morgan fingerprint density at radius 1 is 0.647 bits per heavy atom. The molecule has 0 aliphatic rings. The van der Waals surface area contributed by atoms with Crippen molar-refractivity contribution in [1.82, 2.24) is 0 Å². The average molecular weight is 228 g/mol. The second kappa shape index (κ2) is 7.67. The van der Waals surface area contributed by atoms with Crippen LogP contribution in [0, 0.1) is 13.8 Å². The van der Waals surface area contributed by atoms with Gasteiger partial charge in [-0.2, -0.15) is 0 Å². The van der Waals surface area contributed by atoms with Crippen LogP contribution in [0.2, 0.25) is 0 Å². The first-order chi connectivity index (χ1) is 7.75. The molecule has 0 fully saturated rings. The Morgan fingerprint density at radius 3 is 1.29 bits per heavy atom. The Morgan fingerprint density at radius 2 is 1.00 bits per heavy atom. The van der Waals surface area contributed by atoms with Crippen molar-refractivity contribution in [1.29, 1.82) is 0 Å². The molecule has 0 saturated carbocycles. The Bertz CT molecular complexity index is 398. The Balaban J connectivity index is 0.000000811. The highest BCUT2D eigenvalue weighted by molar-refractivity contribution is 5.64. The lowest BCUT2D eigenvalue weighted by molar-refractivity contribution is 1.44. The van der Waals surface area contributed by atoms with Gasteiger partial charge in [0.2, 0.25) is 0 Å². The molecule has 0 aromatic heterocycles. The van der Waals surface area contributed by atoms with Crippen molar-refractivity contribution in [2.45, 2.75) is 35.1 Å². The Hall–Kier alpha value is -1.56. The average Bonchev–Trinajstić information content (AvgIpc) is 2.32. The molecule has 0 saturated heterocycles. The molecule has 0 N–H and O–H groups in total. The van der Waals surface area contributed by atoms with Gasteiger partial charge in [0.25, 0.3) is 0 Å². The van der Waals surface area contributed by atoms with Crippen molar-refractivity contribution in [3.63, 3.8) is 0 Å². The zero-order valence-electron chi connectivity index (χ0n) is 10.6. The van der Waals surface area contributed by atoms with Gasteiger partial charge in [-0.15, -0.1) is 0 Å². The van der Waals surface area contributed by atoms with E-state index in [2.05, 4.69) is 62.4 Å². The normalized spacial score (nSPS) is 8.71. The van der Waals surface area contributed by atoms with Gasteiger partial charge in [0.15, 0.2) is 0 Å². The number of hydrogen-bond acceptors (Lipinski definition) is 0. The molecule has 0 spiro atoms. The summed E-state index contributed by atoms with van der Waals surface area (Å²) in [5.74, 6) is 0. The topological polar surface area (TPSA) is 0 Å². The van der Waals surface area contributed by atoms with Gasteiger partial charge in [-0.3, -0.25) is 0 Å². The van der Waals surface area contributed by atoms with E-state index >= 15 is 0 Å². The molecule has 0 amide bonds. The first-order valence-electron chi connectivity index (χ1n) is 5.89. The third-order valence-electron chi connectivity index (χ3n) is 2.37. The largest absolute Gasteiger partial charge is 0.0776 e. The molecule has 2 aromatic rings. The number of aryl methyl sites for hydroxylation is 2. The molecule has 0 bridgehead atoms. The molecule has 0 aliphatic carbocycles.